The van der Waals surface area contributed by atoms with Crippen LogP contribution in [0.15, 0.2) is 40.8 Å². The lowest BCUT2D eigenvalue weighted by atomic mass is 10.2. The Morgan fingerprint density at radius 2 is 1.78 bits per heavy atom. The Hall–Kier alpha value is -2.43. The van der Waals surface area contributed by atoms with Crippen molar-refractivity contribution in [2.24, 2.45) is 0 Å². The molecule has 0 aliphatic rings. The second-order valence-corrected chi connectivity index (χ2v) is 5.35. The molecule has 0 saturated heterocycles. The number of hydrogen-bond acceptors (Lipinski definition) is 4. The van der Waals surface area contributed by atoms with Gasteiger partial charge in [-0.05, 0) is 56.7 Å². The van der Waals surface area contributed by atoms with Crippen LogP contribution < -0.4 is 14.8 Å². The quantitative estimate of drug-likeness (QED) is 0.807. The van der Waals surface area contributed by atoms with Gasteiger partial charge < -0.3 is 19.2 Å². The molecular weight excluding hydrogens is 294 g/mol. The second-order valence-electron chi connectivity index (χ2n) is 5.35. The molecule has 0 fully saturated rings. The molecule has 1 N–H and O–H groups in total. The van der Waals surface area contributed by atoms with Crippen LogP contribution in [-0.2, 0) is 4.79 Å². The Morgan fingerprint density at radius 3 is 2.35 bits per heavy atom. The lowest BCUT2D eigenvalue weighted by Gasteiger charge is -2.12. The number of hydrogen-bond donors (Lipinski definition) is 1. The Labute approximate surface area is 136 Å². The normalized spacial score (nSPS) is 11.8. The molecule has 2 rings (SSSR count). The van der Waals surface area contributed by atoms with Crippen LogP contribution in [0, 0.1) is 6.92 Å². The lowest BCUT2D eigenvalue weighted by Crippen LogP contribution is -2.31. The summed E-state index contributed by atoms with van der Waals surface area (Å²) in [5, 5.41) is 2.84. The average molecular weight is 317 g/mol. The first-order valence-electron chi connectivity index (χ1n) is 7.80. The van der Waals surface area contributed by atoms with E-state index < -0.39 is 0 Å². The molecule has 1 aromatic carbocycles. The van der Waals surface area contributed by atoms with E-state index in [4.69, 9.17) is 13.9 Å². The van der Waals surface area contributed by atoms with Crippen molar-refractivity contribution in [1.29, 1.82) is 0 Å². The molecule has 1 heterocycles. The Bertz CT molecular complexity index is 618. The minimum Gasteiger partial charge on any atom is -0.494 e. The minimum atomic E-state index is -0.196. The molecule has 2 aromatic rings. The van der Waals surface area contributed by atoms with Gasteiger partial charge in [-0.1, -0.05) is 6.92 Å². The van der Waals surface area contributed by atoms with Gasteiger partial charge in [0.1, 0.15) is 23.0 Å². The van der Waals surface area contributed by atoms with Gasteiger partial charge in [0.2, 0.25) is 0 Å². The fraction of sp³-hybridized carbons (Fsp3) is 0.389. The van der Waals surface area contributed by atoms with Gasteiger partial charge in [-0.25, -0.2) is 0 Å². The monoisotopic (exact) mass is 317 g/mol. The summed E-state index contributed by atoms with van der Waals surface area (Å²) in [5.74, 6) is 2.78. The van der Waals surface area contributed by atoms with Crippen LogP contribution in [0.4, 0.5) is 0 Å². The van der Waals surface area contributed by atoms with Crippen molar-refractivity contribution < 1.29 is 18.7 Å². The van der Waals surface area contributed by atoms with Crippen LogP contribution in [-0.4, -0.2) is 19.1 Å². The van der Waals surface area contributed by atoms with Crippen LogP contribution in [0.25, 0.3) is 0 Å². The molecule has 124 valence electrons. The molecule has 23 heavy (non-hydrogen) atoms. The van der Waals surface area contributed by atoms with Crippen molar-refractivity contribution in [3.05, 3.63) is 47.9 Å². The zero-order valence-electron chi connectivity index (χ0n) is 13.8. The molecule has 1 atom stereocenters. The first-order valence-corrected chi connectivity index (χ1v) is 7.80. The van der Waals surface area contributed by atoms with Gasteiger partial charge in [0.15, 0.2) is 6.61 Å². The van der Waals surface area contributed by atoms with Crippen LogP contribution in [0.2, 0.25) is 0 Å². The lowest BCUT2D eigenvalue weighted by molar-refractivity contribution is -0.123. The highest BCUT2D eigenvalue weighted by Gasteiger charge is 2.13. The number of carbonyl (C=O) groups excluding carboxylic acids is 1. The Morgan fingerprint density at radius 1 is 1.13 bits per heavy atom. The molecule has 0 bridgehead atoms. The molecule has 0 aliphatic heterocycles. The van der Waals surface area contributed by atoms with Gasteiger partial charge >= 0.3 is 0 Å². The smallest absolute Gasteiger partial charge is 0.258 e. The van der Waals surface area contributed by atoms with E-state index in [1.165, 1.54) is 0 Å². The van der Waals surface area contributed by atoms with Crippen molar-refractivity contribution in [2.75, 3.05) is 13.2 Å². The first-order chi connectivity index (χ1) is 11.1. The van der Waals surface area contributed by atoms with E-state index in [0.29, 0.717) is 12.4 Å². The van der Waals surface area contributed by atoms with Crippen molar-refractivity contribution in [1.82, 2.24) is 5.32 Å². The molecule has 5 heteroatoms. The Kier molecular flexibility index (Phi) is 6.09. The van der Waals surface area contributed by atoms with Gasteiger partial charge in [-0.2, -0.15) is 0 Å². The highest BCUT2D eigenvalue weighted by molar-refractivity contribution is 5.77. The number of ether oxygens (including phenoxy) is 2. The molecule has 0 saturated carbocycles. The van der Waals surface area contributed by atoms with E-state index >= 15 is 0 Å². The number of benzene rings is 1. The maximum Gasteiger partial charge on any atom is 0.258 e. The summed E-state index contributed by atoms with van der Waals surface area (Å²) in [6.07, 6.45) is 0.964. The van der Waals surface area contributed by atoms with Gasteiger partial charge in [0.05, 0.1) is 12.6 Å². The third kappa shape index (κ3) is 5.36. The topological polar surface area (TPSA) is 60.7 Å². The standard InChI is InChI=1S/C18H23NO4/c1-4-11-21-15-6-8-16(9-7-15)22-12-18(20)19-14(3)17-10-5-13(2)23-17/h5-10,14H,4,11-12H2,1-3H3,(H,19,20). The van der Waals surface area contributed by atoms with E-state index in [9.17, 15) is 4.79 Å². The van der Waals surface area contributed by atoms with E-state index in [1.807, 2.05) is 38.1 Å². The highest BCUT2D eigenvalue weighted by atomic mass is 16.5. The number of nitrogens with one attached hydrogen (secondary N) is 1. The summed E-state index contributed by atoms with van der Waals surface area (Å²) >= 11 is 0. The number of rotatable bonds is 8. The zero-order chi connectivity index (χ0) is 16.7. The summed E-state index contributed by atoms with van der Waals surface area (Å²) < 4.78 is 16.4. The SMILES string of the molecule is CCCOc1ccc(OCC(=O)NC(C)c2ccc(C)o2)cc1. The Balaban J connectivity index is 1.77. The third-order valence-corrected chi connectivity index (χ3v) is 3.23. The fourth-order valence-corrected chi connectivity index (χ4v) is 2.04. The van der Waals surface area contributed by atoms with Crippen molar-refractivity contribution in [3.8, 4) is 11.5 Å². The minimum absolute atomic E-state index is 0.0425. The summed E-state index contributed by atoms with van der Waals surface area (Å²) in [7, 11) is 0. The summed E-state index contributed by atoms with van der Waals surface area (Å²) in [5.41, 5.74) is 0. The zero-order valence-corrected chi connectivity index (χ0v) is 13.8. The van der Waals surface area contributed by atoms with Crippen LogP contribution >= 0.6 is 0 Å². The molecule has 1 amide bonds. The van der Waals surface area contributed by atoms with Crippen molar-refractivity contribution in [2.45, 2.75) is 33.2 Å². The average Bonchev–Trinajstić information content (AvgIpc) is 2.98. The van der Waals surface area contributed by atoms with Gasteiger partial charge in [-0.3, -0.25) is 4.79 Å². The molecule has 0 radical (unpaired) electrons. The number of furan rings is 1. The van der Waals surface area contributed by atoms with Gasteiger partial charge in [0, 0.05) is 0 Å². The molecule has 5 nitrogen and oxygen atoms in total. The van der Waals surface area contributed by atoms with Crippen LogP contribution in [0.3, 0.4) is 0 Å². The predicted molar refractivity (Wildman–Crippen MR) is 87.7 cm³/mol. The number of amides is 1. The van der Waals surface area contributed by atoms with Crippen LogP contribution in [0.5, 0.6) is 11.5 Å². The maximum atomic E-state index is 11.9. The highest BCUT2D eigenvalue weighted by Crippen LogP contribution is 2.18. The fourth-order valence-electron chi connectivity index (χ4n) is 2.04. The van der Waals surface area contributed by atoms with Gasteiger partial charge in [0.25, 0.3) is 5.91 Å². The van der Waals surface area contributed by atoms with Crippen LogP contribution in [0.1, 0.15) is 37.8 Å². The van der Waals surface area contributed by atoms with E-state index in [-0.39, 0.29) is 18.6 Å². The summed E-state index contributed by atoms with van der Waals surface area (Å²) in [4.78, 5) is 11.9. The summed E-state index contributed by atoms with van der Waals surface area (Å²) in [6, 6.07) is 10.8. The second kappa shape index (κ2) is 8.27. The molecule has 1 unspecified atom stereocenters. The molecular formula is C18H23NO4. The predicted octanol–water partition coefficient (Wildman–Crippen LogP) is 3.63. The molecule has 0 aliphatic carbocycles. The summed E-state index contributed by atoms with van der Waals surface area (Å²) in [6.45, 7) is 6.44. The van der Waals surface area contributed by atoms with Crippen molar-refractivity contribution in [3.63, 3.8) is 0 Å². The number of aryl methyl sites for hydroxylation is 1. The third-order valence-electron chi connectivity index (χ3n) is 3.23. The van der Waals surface area contributed by atoms with E-state index in [1.54, 1.807) is 12.1 Å². The number of carbonyl (C=O) groups is 1. The molecule has 0 spiro atoms. The largest absolute Gasteiger partial charge is 0.494 e. The first kappa shape index (κ1) is 16.9. The van der Waals surface area contributed by atoms with Gasteiger partial charge in [-0.15, -0.1) is 0 Å². The maximum absolute atomic E-state index is 11.9. The molecule has 1 aromatic heterocycles. The van der Waals surface area contributed by atoms with E-state index in [2.05, 4.69) is 12.2 Å². The van der Waals surface area contributed by atoms with E-state index in [0.717, 1.165) is 23.7 Å². The van der Waals surface area contributed by atoms with Crippen molar-refractivity contribution >= 4 is 5.91 Å².